The van der Waals surface area contributed by atoms with Gasteiger partial charge in [-0.15, -0.1) is 0 Å². The second-order valence-electron chi connectivity index (χ2n) is 6.07. The minimum absolute atomic E-state index is 0.444. The summed E-state index contributed by atoms with van der Waals surface area (Å²) < 4.78 is 10.7. The Hall–Kier alpha value is -3.05. The number of ether oxygens (including phenoxy) is 2. The molecule has 0 amide bonds. The number of aliphatic imine (C=N–C) groups is 1. The molecule has 3 aromatic carbocycles. The van der Waals surface area contributed by atoms with Crippen molar-refractivity contribution in [2.24, 2.45) is 4.99 Å². The van der Waals surface area contributed by atoms with Crippen molar-refractivity contribution in [3.8, 4) is 11.5 Å². The number of hydrogen-bond donors (Lipinski definition) is 1. The van der Waals surface area contributed by atoms with Gasteiger partial charge >= 0.3 is 0 Å². The van der Waals surface area contributed by atoms with Gasteiger partial charge in [0.25, 0.3) is 0 Å². The molecule has 1 aliphatic heterocycles. The number of amidine groups is 1. The fourth-order valence-corrected chi connectivity index (χ4v) is 3.18. The molecule has 132 valence electrons. The molecular formula is C21H20N2O3. The van der Waals surface area contributed by atoms with Gasteiger partial charge in [0, 0.05) is 18.1 Å². The van der Waals surface area contributed by atoms with E-state index in [-0.39, 0.29) is 0 Å². The molecular weight excluding hydrogens is 328 g/mol. The molecule has 0 spiro atoms. The fourth-order valence-electron chi connectivity index (χ4n) is 3.18. The van der Waals surface area contributed by atoms with Crippen LogP contribution in [-0.4, -0.2) is 20.1 Å². The Morgan fingerprint density at radius 1 is 1.00 bits per heavy atom. The van der Waals surface area contributed by atoms with E-state index in [1.807, 2.05) is 24.3 Å². The molecule has 4 rings (SSSR count). The molecule has 5 heteroatoms. The number of nitrogens with one attached hydrogen (secondary N) is 1. The fraction of sp³-hybridized carbons (Fsp3) is 0.190. The van der Waals surface area contributed by atoms with Gasteiger partial charge in [0.15, 0.2) is 0 Å². The van der Waals surface area contributed by atoms with Crippen molar-refractivity contribution < 1.29 is 14.3 Å². The highest BCUT2D eigenvalue weighted by atomic mass is 16.7. The van der Waals surface area contributed by atoms with Crippen molar-refractivity contribution >= 4 is 16.6 Å². The van der Waals surface area contributed by atoms with Crippen LogP contribution in [0, 0.1) is 0 Å². The zero-order valence-corrected chi connectivity index (χ0v) is 14.7. The van der Waals surface area contributed by atoms with Crippen LogP contribution in [0.1, 0.15) is 17.4 Å². The first kappa shape index (κ1) is 16.4. The Bertz CT molecular complexity index is 963. The van der Waals surface area contributed by atoms with Crippen LogP contribution >= 0.6 is 0 Å². The summed E-state index contributed by atoms with van der Waals surface area (Å²) in [6.07, 6.45) is 0.233. The average Bonchev–Trinajstić information content (AvgIpc) is 3.16. The second-order valence-corrected chi connectivity index (χ2v) is 6.07. The molecule has 1 atom stereocenters. The van der Waals surface area contributed by atoms with Crippen molar-refractivity contribution in [1.29, 1.82) is 0 Å². The molecule has 0 bridgehead atoms. The quantitative estimate of drug-likeness (QED) is 0.756. The van der Waals surface area contributed by atoms with Crippen LogP contribution in [-0.2, 0) is 11.3 Å². The van der Waals surface area contributed by atoms with Gasteiger partial charge in [0.1, 0.15) is 17.3 Å². The van der Waals surface area contributed by atoms with Gasteiger partial charge in [0.05, 0.1) is 14.2 Å². The number of fused-ring (bicyclic) bond motifs is 1. The highest BCUT2D eigenvalue weighted by molar-refractivity contribution is 5.92. The number of hydrogen-bond acceptors (Lipinski definition) is 5. The Balaban J connectivity index is 1.60. The first-order chi connectivity index (χ1) is 12.8. The third kappa shape index (κ3) is 3.09. The molecule has 26 heavy (non-hydrogen) atoms. The van der Waals surface area contributed by atoms with Crippen LogP contribution in [0.15, 0.2) is 65.7 Å². The lowest BCUT2D eigenvalue weighted by atomic mass is 10.0. The third-order valence-corrected chi connectivity index (χ3v) is 4.51. The van der Waals surface area contributed by atoms with E-state index in [0.717, 1.165) is 17.1 Å². The SMILES string of the molecule is COc1ccc(C2N=C(Cc3cccc4ccccc34)NO2)c(OC)c1. The third-order valence-electron chi connectivity index (χ3n) is 4.51. The summed E-state index contributed by atoms with van der Waals surface area (Å²) in [5.41, 5.74) is 5.03. The van der Waals surface area contributed by atoms with Gasteiger partial charge < -0.3 is 9.47 Å². The first-order valence-corrected chi connectivity index (χ1v) is 8.45. The number of benzene rings is 3. The van der Waals surface area contributed by atoms with Crippen molar-refractivity contribution in [3.05, 3.63) is 71.8 Å². The molecule has 1 N–H and O–H groups in total. The van der Waals surface area contributed by atoms with Gasteiger partial charge in [-0.3, -0.25) is 5.48 Å². The predicted molar refractivity (Wildman–Crippen MR) is 102 cm³/mol. The van der Waals surface area contributed by atoms with E-state index in [0.29, 0.717) is 12.2 Å². The van der Waals surface area contributed by atoms with Gasteiger partial charge in [-0.1, -0.05) is 42.5 Å². The highest BCUT2D eigenvalue weighted by Gasteiger charge is 2.23. The Morgan fingerprint density at radius 3 is 2.69 bits per heavy atom. The van der Waals surface area contributed by atoms with Crippen LogP contribution in [0.25, 0.3) is 10.8 Å². The summed E-state index contributed by atoms with van der Waals surface area (Å²) in [4.78, 5) is 10.4. The smallest absolute Gasteiger partial charge is 0.205 e. The largest absolute Gasteiger partial charge is 0.497 e. The molecule has 5 nitrogen and oxygen atoms in total. The van der Waals surface area contributed by atoms with Crippen LogP contribution < -0.4 is 15.0 Å². The van der Waals surface area contributed by atoms with E-state index in [1.165, 1.54) is 16.3 Å². The van der Waals surface area contributed by atoms with Gasteiger partial charge in [-0.2, -0.15) is 0 Å². The van der Waals surface area contributed by atoms with E-state index in [4.69, 9.17) is 14.3 Å². The van der Waals surface area contributed by atoms with Crippen molar-refractivity contribution in [1.82, 2.24) is 5.48 Å². The van der Waals surface area contributed by atoms with E-state index in [2.05, 4.69) is 46.9 Å². The van der Waals surface area contributed by atoms with Gasteiger partial charge in [0.2, 0.25) is 6.23 Å². The molecule has 1 heterocycles. The monoisotopic (exact) mass is 348 g/mol. The van der Waals surface area contributed by atoms with E-state index >= 15 is 0 Å². The van der Waals surface area contributed by atoms with E-state index in [1.54, 1.807) is 14.2 Å². The standard InChI is InChI=1S/C21H20N2O3/c1-24-16-10-11-18(19(13-16)25-2)21-22-20(23-26-21)12-15-8-5-7-14-6-3-4-9-17(14)15/h3-11,13,21H,12H2,1-2H3,(H,22,23). The lowest BCUT2D eigenvalue weighted by Gasteiger charge is -2.12. The zero-order chi connectivity index (χ0) is 17.9. The Kier molecular flexibility index (Phi) is 4.46. The van der Waals surface area contributed by atoms with Crippen molar-refractivity contribution in [2.75, 3.05) is 14.2 Å². The maximum Gasteiger partial charge on any atom is 0.205 e. The Labute approximate surface area is 152 Å². The van der Waals surface area contributed by atoms with E-state index in [9.17, 15) is 0 Å². The van der Waals surface area contributed by atoms with Crippen LogP contribution in [0.4, 0.5) is 0 Å². The summed E-state index contributed by atoms with van der Waals surface area (Å²) >= 11 is 0. The average molecular weight is 348 g/mol. The minimum atomic E-state index is -0.444. The predicted octanol–water partition coefficient (Wildman–Crippen LogP) is 4.03. The summed E-state index contributed by atoms with van der Waals surface area (Å²) in [7, 11) is 3.25. The number of hydroxylamine groups is 1. The maximum atomic E-state index is 5.68. The molecule has 0 aromatic heterocycles. The highest BCUT2D eigenvalue weighted by Crippen LogP contribution is 2.33. The molecule has 0 radical (unpaired) electrons. The zero-order valence-electron chi connectivity index (χ0n) is 14.7. The molecule has 1 aliphatic rings. The summed E-state index contributed by atoms with van der Waals surface area (Å²) in [6, 6.07) is 20.3. The summed E-state index contributed by atoms with van der Waals surface area (Å²) in [6.45, 7) is 0. The molecule has 0 aliphatic carbocycles. The minimum Gasteiger partial charge on any atom is -0.497 e. The maximum absolute atomic E-state index is 5.68. The molecule has 0 saturated heterocycles. The van der Waals surface area contributed by atoms with Gasteiger partial charge in [-0.05, 0) is 28.5 Å². The number of nitrogens with zero attached hydrogens (tertiary/aromatic N) is 1. The van der Waals surface area contributed by atoms with Crippen LogP contribution in [0.3, 0.4) is 0 Å². The number of rotatable bonds is 5. The molecule has 0 saturated carbocycles. The van der Waals surface area contributed by atoms with Crippen molar-refractivity contribution in [3.63, 3.8) is 0 Å². The van der Waals surface area contributed by atoms with Crippen LogP contribution in [0.2, 0.25) is 0 Å². The molecule has 3 aromatic rings. The number of methoxy groups -OCH3 is 2. The van der Waals surface area contributed by atoms with Crippen LogP contribution in [0.5, 0.6) is 11.5 Å². The summed E-state index contributed by atoms with van der Waals surface area (Å²) in [5, 5.41) is 2.45. The molecule has 1 unspecified atom stereocenters. The molecule has 0 fully saturated rings. The first-order valence-electron chi connectivity index (χ1n) is 8.45. The topological polar surface area (TPSA) is 52.1 Å². The lowest BCUT2D eigenvalue weighted by molar-refractivity contribution is 0.0357. The summed E-state index contributed by atoms with van der Waals surface area (Å²) in [5.74, 6) is 2.21. The Morgan fingerprint density at radius 2 is 1.85 bits per heavy atom. The van der Waals surface area contributed by atoms with Gasteiger partial charge in [-0.25, -0.2) is 9.83 Å². The van der Waals surface area contributed by atoms with Crippen molar-refractivity contribution in [2.45, 2.75) is 12.6 Å². The van der Waals surface area contributed by atoms with E-state index < -0.39 is 6.23 Å². The second kappa shape index (κ2) is 7.06. The normalized spacial score (nSPS) is 16.2. The lowest BCUT2D eigenvalue weighted by Crippen LogP contribution is -2.19.